The first kappa shape index (κ1) is 25.4. The van der Waals surface area contributed by atoms with Crippen molar-refractivity contribution in [2.45, 2.75) is 19.5 Å². The predicted octanol–water partition coefficient (Wildman–Crippen LogP) is 4.44. The lowest BCUT2D eigenvalue weighted by Gasteiger charge is -2.22. The number of nitrogens with zero attached hydrogens (tertiary/aromatic N) is 3. The smallest absolute Gasteiger partial charge is 0.251 e. The molecule has 1 heterocycles. The van der Waals surface area contributed by atoms with Gasteiger partial charge in [-0.15, -0.1) is 0 Å². The molecule has 0 saturated carbocycles. The second-order valence-corrected chi connectivity index (χ2v) is 9.14. The second kappa shape index (κ2) is 11.8. The van der Waals surface area contributed by atoms with E-state index in [-0.39, 0.29) is 18.3 Å². The monoisotopic (exact) mass is 486 g/mol. The maximum atomic E-state index is 15.0. The summed E-state index contributed by atoms with van der Waals surface area (Å²) in [5, 5.41) is 11.7. The number of nitriles is 1. The van der Waals surface area contributed by atoms with Crippen LogP contribution in [-0.2, 0) is 13.1 Å². The van der Waals surface area contributed by atoms with Crippen molar-refractivity contribution < 1.29 is 13.9 Å². The SMILES string of the molecule is COc1ccc(-c2ccc(CNC(=O)c3cccc(C#N)c3)c(F)c2)cc1CN1CCCN(C)CC1. The van der Waals surface area contributed by atoms with Gasteiger partial charge >= 0.3 is 0 Å². The number of hydrogen-bond donors (Lipinski definition) is 1. The summed E-state index contributed by atoms with van der Waals surface area (Å²) in [6.45, 7) is 5.01. The Labute approximate surface area is 211 Å². The molecule has 186 valence electrons. The molecule has 0 spiro atoms. The number of amides is 1. The number of methoxy groups -OCH3 is 1. The number of benzene rings is 3. The van der Waals surface area contributed by atoms with Gasteiger partial charge in [0.15, 0.2) is 0 Å². The van der Waals surface area contributed by atoms with Crippen molar-refractivity contribution in [2.24, 2.45) is 0 Å². The van der Waals surface area contributed by atoms with Crippen LogP contribution in [0.5, 0.6) is 5.75 Å². The van der Waals surface area contributed by atoms with E-state index in [0.29, 0.717) is 16.7 Å². The lowest BCUT2D eigenvalue weighted by Crippen LogP contribution is -2.28. The fraction of sp³-hybridized carbons (Fsp3) is 0.310. The number of carbonyl (C=O) groups excluding carboxylic acids is 1. The van der Waals surface area contributed by atoms with E-state index in [1.54, 1.807) is 31.4 Å². The number of ether oxygens (including phenoxy) is 1. The van der Waals surface area contributed by atoms with Crippen LogP contribution in [0.2, 0.25) is 0 Å². The van der Waals surface area contributed by atoms with Gasteiger partial charge in [0, 0.05) is 42.9 Å². The molecule has 1 amide bonds. The third-order valence-electron chi connectivity index (χ3n) is 6.57. The highest BCUT2D eigenvalue weighted by Gasteiger charge is 2.16. The molecule has 0 aromatic heterocycles. The van der Waals surface area contributed by atoms with Gasteiger partial charge in [0.05, 0.1) is 18.7 Å². The van der Waals surface area contributed by atoms with Gasteiger partial charge in [0.25, 0.3) is 5.91 Å². The Morgan fingerprint density at radius 1 is 1.03 bits per heavy atom. The molecular weight excluding hydrogens is 455 g/mol. The highest BCUT2D eigenvalue weighted by molar-refractivity contribution is 5.94. The first-order valence-corrected chi connectivity index (χ1v) is 12.1. The minimum atomic E-state index is -0.383. The first-order chi connectivity index (χ1) is 17.5. The largest absolute Gasteiger partial charge is 0.496 e. The summed E-state index contributed by atoms with van der Waals surface area (Å²) >= 11 is 0. The van der Waals surface area contributed by atoms with Crippen LogP contribution >= 0.6 is 0 Å². The van der Waals surface area contributed by atoms with Crippen molar-refractivity contribution in [3.8, 4) is 22.9 Å². The number of likely N-dealkylation sites (N-methyl/N-ethyl adjacent to an activating group) is 1. The highest BCUT2D eigenvalue weighted by atomic mass is 19.1. The van der Waals surface area contributed by atoms with Crippen molar-refractivity contribution in [1.82, 2.24) is 15.1 Å². The van der Waals surface area contributed by atoms with Gasteiger partial charge in [-0.2, -0.15) is 5.26 Å². The van der Waals surface area contributed by atoms with Crippen LogP contribution < -0.4 is 10.1 Å². The van der Waals surface area contributed by atoms with E-state index in [1.165, 1.54) is 12.1 Å². The molecule has 3 aromatic carbocycles. The molecular formula is C29H31FN4O2. The third kappa shape index (κ3) is 6.28. The van der Waals surface area contributed by atoms with E-state index in [9.17, 15) is 9.18 Å². The van der Waals surface area contributed by atoms with Crippen molar-refractivity contribution in [3.05, 3.63) is 88.7 Å². The van der Waals surface area contributed by atoms with Crippen LogP contribution in [0.1, 0.15) is 33.5 Å². The average molecular weight is 487 g/mol. The van der Waals surface area contributed by atoms with Gasteiger partial charge in [-0.1, -0.05) is 24.3 Å². The molecule has 0 radical (unpaired) electrons. The van der Waals surface area contributed by atoms with E-state index in [4.69, 9.17) is 10.00 Å². The minimum absolute atomic E-state index is 0.0546. The van der Waals surface area contributed by atoms with E-state index in [1.807, 2.05) is 24.3 Å². The number of nitrogens with one attached hydrogen (secondary N) is 1. The Morgan fingerprint density at radius 3 is 2.61 bits per heavy atom. The molecule has 0 atom stereocenters. The van der Waals surface area contributed by atoms with Gasteiger partial charge in [0.1, 0.15) is 11.6 Å². The van der Waals surface area contributed by atoms with Gasteiger partial charge in [-0.25, -0.2) is 4.39 Å². The van der Waals surface area contributed by atoms with Crippen LogP contribution in [0.25, 0.3) is 11.1 Å². The second-order valence-electron chi connectivity index (χ2n) is 9.14. The molecule has 1 N–H and O–H groups in total. The summed E-state index contributed by atoms with van der Waals surface area (Å²) in [6.07, 6.45) is 1.13. The van der Waals surface area contributed by atoms with Crippen LogP contribution in [-0.4, -0.2) is 56.0 Å². The minimum Gasteiger partial charge on any atom is -0.496 e. The molecule has 1 fully saturated rings. The van der Waals surface area contributed by atoms with Gasteiger partial charge in [0.2, 0.25) is 0 Å². The summed E-state index contributed by atoms with van der Waals surface area (Å²) in [7, 11) is 3.83. The quantitative estimate of drug-likeness (QED) is 0.535. The maximum absolute atomic E-state index is 15.0. The zero-order chi connectivity index (χ0) is 25.5. The van der Waals surface area contributed by atoms with Crippen molar-refractivity contribution >= 4 is 5.91 Å². The fourth-order valence-electron chi connectivity index (χ4n) is 4.46. The van der Waals surface area contributed by atoms with Crippen LogP contribution in [0, 0.1) is 17.1 Å². The molecule has 6 nitrogen and oxygen atoms in total. The topological polar surface area (TPSA) is 68.6 Å². The Balaban J connectivity index is 1.47. The molecule has 0 bridgehead atoms. The van der Waals surface area contributed by atoms with E-state index >= 15 is 0 Å². The number of hydrogen-bond acceptors (Lipinski definition) is 5. The molecule has 1 aliphatic rings. The lowest BCUT2D eigenvalue weighted by atomic mass is 10.00. The maximum Gasteiger partial charge on any atom is 0.251 e. The molecule has 3 aromatic rings. The predicted molar refractivity (Wildman–Crippen MR) is 138 cm³/mol. The van der Waals surface area contributed by atoms with Gasteiger partial charge in [-0.05, 0) is 74.1 Å². The molecule has 1 aliphatic heterocycles. The summed E-state index contributed by atoms with van der Waals surface area (Å²) in [5.41, 5.74) is 3.93. The number of rotatable bonds is 7. The Kier molecular flexibility index (Phi) is 8.32. The summed E-state index contributed by atoms with van der Waals surface area (Å²) in [6, 6.07) is 19.5. The van der Waals surface area contributed by atoms with Crippen molar-refractivity contribution in [1.29, 1.82) is 5.26 Å². The van der Waals surface area contributed by atoms with Crippen LogP contribution in [0.4, 0.5) is 4.39 Å². The van der Waals surface area contributed by atoms with Gasteiger partial charge in [-0.3, -0.25) is 9.69 Å². The molecule has 0 unspecified atom stereocenters. The van der Waals surface area contributed by atoms with E-state index < -0.39 is 0 Å². The fourth-order valence-corrected chi connectivity index (χ4v) is 4.46. The summed E-state index contributed by atoms with van der Waals surface area (Å²) < 4.78 is 20.6. The molecule has 7 heteroatoms. The normalized spacial score (nSPS) is 14.6. The molecule has 1 saturated heterocycles. The first-order valence-electron chi connectivity index (χ1n) is 12.1. The van der Waals surface area contributed by atoms with Crippen molar-refractivity contribution in [3.63, 3.8) is 0 Å². The summed E-state index contributed by atoms with van der Waals surface area (Å²) in [5.74, 6) is 0.0956. The summed E-state index contributed by atoms with van der Waals surface area (Å²) in [4.78, 5) is 17.2. The zero-order valence-electron chi connectivity index (χ0n) is 20.8. The third-order valence-corrected chi connectivity index (χ3v) is 6.57. The highest BCUT2D eigenvalue weighted by Crippen LogP contribution is 2.29. The zero-order valence-corrected chi connectivity index (χ0v) is 20.8. The number of carbonyl (C=O) groups is 1. The number of halogens is 1. The van der Waals surface area contributed by atoms with Crippen LogP contribution in [0.15, 0.2) is 60.7 Å². The van der Waals surface area contributed by atoms with Gasteiger partial charge < -0.3 is 15.0 Å². The Morgan fingerprint density at radius 2 is 1.83 bits per heavy atom. The lowest BCUT2D eigenvalue weighted by molar-refractivity contribution is 0.0950. The van der Waals surface area contributed by atoms with E-state index in [2.05, 4.69) is 28.2 Å². The standard InChI is InChI=1S/C29H31FN4O2/c1-33-11-4-12-34(14-13-33)20-26-16-22(9-10-28(26)36-2)23-7-8-25(27(30)17-23)19-32-29(35)24-6-3-5-21(15-24)18-31/h3,5-10,15-17H,4,11-14,19-20H2,1-2H3,(H,32,35). The molecule has 36 heavy (non-hydrogen) atoms. The van der Waals surface area contributed by atoms with Crippen LogP contribution in [0.3, 0.4) is 0 Å². The molecule has 4 rings (SSSR count). The van der Waals surface area contributed by atoms with Crippen molar-refractivity contribution in [2.75, 3.05) is 40.3 Å². The van der Waals surface area contributed by atoms with E-state index in [0.717, 1.165) is 61.6 Å². The Hall–Kier alpha value is -3.73. The Bertz CT molecular complexity index is 1270. The molecule has 0 aliphatic carbocycles. The average Bonchev–Trinajstić information content (AvgIpc) is 3.11.